The van der Waals surface area contributed by atoms with Gasteiger partial charge in [-0.05, 0) is 43.5 Å². The van der Waals surface area contributed by atoms with Gasteiger partial charge in [-0.25, -0.2) is 8.42 Å². The molecule has 1 aromatic carbocycles. The Kier molecular flexibility index (Phi) is 4.84. The highest BCUT2D eigenvalue weighted by molar-refractivity contribution is 7.92. The van der Waals surface area contributed by atoms with Gasteiger partial charge in [-0.1, -0.05) is 0 Å². The van der Waals surface area contributed by atoms with Crippen LogP contribution in [0.3, 0.4) is 0 Å². The van der Waals surface area contributed by atoms with Crippen LogP contribution in [0.4, 0.5) is 11.4 Å². The lowest BCUT2D eigenvalue weighted by molar-refractivity contribution is -0.113. The minimum Gasteiger partial charge on any atom is -0.399 e. The molecular weight excluding hydrogens is 292 g/mol. The van der Waals surface area contributed by atoms with E-state index in [1.165, 1.54) is 0 Å². The Labute approximate surface area is 124 Å². The number of sulfone groups is 1. The van der Waals surface area contributed by atoms with Gasteiger partial charge in [-0.15, -0.1) is 0 Å². The van der Waals surface area contributed by atoms with Crippen molar-refractivity contribution in [3.8, 4) is 0 Å². The Hall–Kier alpha value is -1.60. The summed E-state index contributed by atoms with van der Waals surface area (Å²) in [6.45, 7) is 2.39. The smallest absolute Gasteiger partial charge is 0.239 e. The van der Waals surface area contributed by atoms with Crippen LogP contribution < -0.4 is 11.1 Å². The summed E-state index contributed by atoms with van der Waals surface area (Å²) in [6, 6.07) is 5.04. The first-order valence-electron chi connectivity index (χ1n) is 6.84. The molecule has 3 N–H and O–H groups in total. The van der Waals surface area contributed by atoms with E-state index in [1.807, 2.05) is 0 Å². The van der Waals surface area contributed by atoms with Crippen molar-refractivity contribution in [3.05, 3.63) is 23.8 Å². The molecule has 1 aliphatic heterocycles. The molecule has 1 aromatic rings. The highest BCUT2D eigenvalue weighted by atomic mass is 32.2. The Balaban J connectivity index is 1.94. The van der Waals surface area contributed by atoms with E-state index < -0.39 is 21.5 Å². The first-order chi connectivity index (χ1) is 9.85. The molecule has 0 aromatic heterocycles. The normalized spacial score (nSPS) is 18.6. The number of ether oxygens (including phenoxy) is 1. The fourth-order valence-electron chi connectivity index (χ4n) is 2.33. The molecule has 0 saturated carbocycles. The second-order valence-corrected chi connectivity index (χ2v) is 7.42. The number of carbonyl (C=O) groups excluding carboxylic acids is 1. The summed E-state index contributed by atoms with van der Waals surface area (Å²) in [6.07, 6.45) is 1.33. The van der Waals surface area contributed by atoms with Crippen molar-refractivity contribution >= 4 is 27.1 Å². The number of amides is 1. The highest BCUT2D eigenvalue weighted by Crippen LogP contribution is 2.18. The van der Waals surface area contributed by atoms with Crippen molar-refractivity contribution in [2.75, 3.05) is 29.2 Å². The average molecular weight is 312 g/mol. The molecule has 0 radical (unpaired) electrons. The first-order valence-corrected chi connectivity index (χ1v) is 8.66. The van der Waals surface area contributed by atoms with E-state index in [9.17, 15) is 13.2 Å². The maximum atomic E-state index is 12.0. The molecule has 1 unspecified atom stereocenters. The van der Waals surface area contributed by atoms with E-state index >= 15 is 0 Å². The van der Waals surface area contributed by atoms with Crippen LogP contribution in [0.2, 0.25) is 0 Å². The van der Waals surface area contributed by atoms with E-state index in [-0.39, 0.29) is 11.9 Å². The molecule has 1 aliphatic rings. The number of hydrogen-bond donors (Lipinski definition) is 2. The van der Waals surface area contributed by atoms with Crippen LogP contribution in [0.15, 0.2) is 18.2 Å². The van der Waals surface area contributed by atoms with Crippen LogP contribution in [0.1, 0.15) is 18.4 Å². The SMILES string of the molecule is Cc1cc(N)ccc1NC(=O)CS(=O)(=O)CC1CCCO1. The standard InChI is InChI=1S/C14H20N2O4S/c1-10-7-11(15)4-5-13(10)16-14(17)9-21(18,19)8-12-3-2-6-20-12/h4-5,7,12H,2-3,6,8-9,15H2,1H3,(H,16,17). The lowest BCUT2D eigenvalue weighted by Crippen LogP contribution is -2.29. The van der Waals surface area contributed by atoms with Gasteiger partial charge >= 0.3 is 0 Å². The maximum Gasteiger partial charge on any atom is 0.239 e. The van der Waals surface area contributed by atoms with Crippen molar-refractivity contribution in [2.45, 2.75) is 25.9 Å². The third-order valence-electron chi connectivity index (χ3n) is 3.34. The van der Waals surface area contributed by atoms with Crippen LogP contribution in [-0.4, -0.2) is 38.5 Å². The predicted octanol–water partition coefficient (Wildman–Crippen LogP) is 1.11. The van der Waals surface area contributed by atoms with E-state index in [2.05, 4.69) is 5.32 Å². The summed E-state index contributed by atoms with van der Waals surface area (Å²) < 4.78 is 29.2. The van der Waals surface area contributed by atoms with E-state index in [0.717, 1.165) is 18.4 Å². The number of rotatable bonds is 5. The van der Waals surface area contributed by atoms with E-state index in [4.69, 9.17) is 10.5 Å². The number of hydrogen-bond acceptors (Lipinski definition) is 5. The van der Waals surface area contributed by atoms with Crippen molar-refractivity contribution in [1.29, 1.82) is 0 Å². The molecule has 1 atom stereocenters. The lowest BCUT2D eigenvalue weighted by Gasteiger charge is -2.11. The quantitative estimate of drug-likeness (QED) is 0.794. The molecule has 1 heterocycles. The van der Waals surface area contributed by atoms with Gasteiger partial charge < -0.3 is 15.8 Å². The number of anilines is 2. The Morgan fingerprint density at radius 1 is 1.48 bits per heavy atom. The molecule has 0 spiro atoms. The van der Waals surface area contributed by atoms with Gasteiger partial charge in [0.15, 0.2) is 9.84 Å². The van der Waals surface area contributed by atoms with Gasteiger partial charge in [0.05, 0.1) is 11.9 Å². The molecule has 2 rings (SSSR count). The monoisotopic (exact) mass is 312 g/mol. The lowest BCUT2D eigenvalue weighted by atomic mass is 10.2. The summed E-state index contributed by atoms with van der Waals surface area (Å²) >= 11 is 0. The second-order valence-electron chi connectivity index (χ2n) is 5.31. The first kappa shape index (κ1) is 15.8. The van der Waals surface area contributed by atoms with Crippen LogP contribution in [0.5, 0.6) is 0 Å². The number of nitrogens with two attached hydrogens (primary N) is 1. The second kappa shape index (κ2) is 6.44. The number of benzene rings is 1. The Bertz CT molecular complexity index is 622. The molecule has 1 fully saturated rings. The van der Waals surface area contributed by atoms with Crippen LogP contribution in [0, 0.1) is 6.92 Å². The van der Waals surface area contributed by atoms with Gasteiger partial charge in [0.1, 0.15) is 5.75 Å². The topological polar surface area (TPSA) is 98.5 Å². The Morgan fingerprint density at radius 3 is 2.86 bits per heavy atom. The van der Waals surface area contributed by atoms with Gasteiger partial charge in [-0.3, -0.25) is 4.79 Å². The molecule has 6 nitrogen and oxygen atoms in total. The molecule has 116 valence electrons. The zero-order valence-electron chi connectivity index (χ0n) is 12.0. The summed E-state index contributed by atoms with van der Waals surface area (Å²) in [7, 11) is -3.47. The molecule has 7 heteroatoms. The van der Waals surface area contributed by atoms with Crippen LogP contribution >= 0.6 is 0 Å². The zero-order valence-corrected chi connectivity index (χ0v) is 12.8. The molecular formula is C14H20N2O4S. The maximum absolute atomic E-state index is 12.0. The predicted molar refractivity (Wildman–Crippen MR) is 81.8 cm³/mol. The summed E-state index contributed by atoms with van der Waals surface area (Å²) in [4.78, 5) is 11.9. The van der Waals surface area contributed by atoms with E-state index in [1.54, 1.807) is 25.1 Å². The third-order valence-corrected chi connectivity index (χ3v) is 4.92. The third kappa shape index (κ3) is 4.71. The van der Waals surface area contributed by atoms with Crippen molar-refractivity contribution in [2.24, 2.45) is 0 Å². The Morgan fingerprint density at radius 2 is 2.24 bits per heavy atom. The average Bonchev–Trinajstić information content (AvgIpc) is 2.84. The minimum absolute atomic E-state index is 0.0961. The van der Waals surface area contributed by atoms with Gasteiger partial charge in [-0.2, -0.15) is 0 Å². The molecule has 21 heavy (non-hydrogen) atoms. The van der Waals surface area contributed by atoms with Crippen molar-refractivity contribution < 1.29 is 17.9 Å². The zero-order chi connectivity index (χ0) is 15.5. The highest BCUT2D eigenvalue weighted by Gasteiger charge is 2.25. The molecule has 0 aliphatic carbocycles. The summed E-state index contributed by atoms with van der Waals surface area (Å²) in [5.41, 5.74) is 7.59. The number of nitrogen functional groups attached to an aromatic ring is 1. The number of nitrogens with one attached hydrogen (secondary N) is 1. The summed E-state index contributed by atoms with van der Waals surface area (Å²) in [5, 5.41) is 2.60. The summed E-state index contributed by atoms with van der Waals surface area (Å²) in [5.74, 6) is -1.17. The number of aryl methyl sites for hydroxylation is 1. The largest absolute Gasteiger partial charge is 0.399 e. The molecule has 0 bridgehead atoms. The van der Waals surface area contributed by atoms with Crippen LogP contribution in [0.25, 0.3) is 0 Å². The van der Waals surface area contributed by atoms with Crippen molar-refractivity contribution in [1.82, 2.24) is 0 Å². The van der Waals surface area contributed by atoms with Gasteiger partial charge in [0.25, 0.3) is 0 Å². The van der Waals surface area contributed by atoms with Crippen molar-refractivity contribution in [3.63, 3.8) is 0 Å². The van der Waals surface area contributed by atoms with Gasteiger partial charge in [0.2, 0.25) is 5.91 Å². The number of carbonyl (C=O) groups is 1. The minimum atomic E-state index is -3.47. The fourth-order valence-corrected chi connectivity index (χ4v) is 3.75. The fraction of sp³-hybridized carbons (Fsp3) is 0.500. The molecule has 1 saturated heterocycles. The van der Waals surface area contributed by atoms with E-state index in [0.29, 0.717) is 18.0 Å². The molecule has 1 amide bonds. The van der Waals surface area contributed by atoms with Crippen LogP contribution in [-0.2, 0) is 19.4 Å². The van der Waals surface area contributed by atoms with Gasteiger partial charge in [0, 0.05) is 18.0 Å².